The van der Waals surface area contributed by atoms with Crippen molar-refractivity contribution in [2.45, 2.75) is 38.8 Å². The van der Waals surface area contributed by atoms with E-state index in [0.717, 1.165) is 31.6 Å². The number of hydrogen-bond acceptors (Lipinski definition) is 4. The van der Waals surface area contributed by atoms with Crippen molar-refractivity contribution in [3.8, 4) is 0 Å². The average molecular weight is 386 g/mol. The molecule has 3 heterocycles. The van der Waals surface area contributed by atoms with Crippen LogP contribution in [0.5, 0.6) is 0 Å². The van der Waals surface area contributed by atoms with Crippen LogP contribution in [0.15, 0.2) is 42.7 Å². The van der Waals surface area contributed by atoms with E-state index in [1.54, 1.807) is 0 Å². The zero-order valence-corrected chi connectivity index (χ0v) is 16.9. The molecule has 1 atom stereocenters. The Hall–Kier alpha value is -1.92. The molecule has 0 unspecified atom stereocenters. The van der Waals surface area contributed by atoms with Crippen LogP contribution < -0.4 is 0 Å². The van der Waals surface area contributed by atoms with Crippen LogP contribution in [0, 0.1) is 6.92 Å². The van der Waals surface area contributed by atoms with Gasteiger partial charge < -0.3 is 0 Å². The van der Waals surface area contributed by atoms with Gasteiger partial charge >= 0.3 is 0 Å². The number of nitrogens with zero attached hydrogens (tertiary/aromatic N) is 3. The standard InChI is InChI=1S/C21H27N3O2S/c1-17-3-5-18(6-4-17)14-23-10-7-19(8-11-23)20-13-22-24(15-20)21(2)9-12-27(25,26)16-21/h3-7,13,15H,8-12,14,16H2,1-2H3/t21-/m1/s1. The molecular weight excluding hydrogens is 358 g/mol. The van der Waals surface area contributed by atoms with Crippen molar-refractivity contribution in [1.29, 1.82) is 0 Å². The van der Waals surface area contributed by atoms with Gasteiger partial charge in [0.2, 0.25) is 0 Å². The van der Waals surface area contributed by atoms with Gasteiger partial charge in [-0.3, -0.25) is 9.58 Å². The lowest BCUT2D eigenvalue weighted by molar-refractivity contribution is 0.294. The molecule has 0 saturated carbocycles. The molecule has 27 heavy (non-hydrogen) atoms. The monoisotopic (exact) mass is 385 g/mol. The Kier molecular flexibility index (Phi) is 4.72. The van der Waals surface area contributed by atoms with Gasteiger partial charge in [0.25, 0.3) is 0 Å². The third-order valence-electron chi connectivity index (χ3n) is 5.81. The normalized spacial score (nSPS) is 25.5. The van der Waals surface area contributed by atoms with Gasteiger partial charge in [-0.2, -0.15) is 5.10 Å². The van der Waals surface area contributed by atoms with Crippen LogP contribution in [-0.4, -0.2) is 47.7 Å². The third-order valence-corrected chi connectivity index (χ3v) is 7.70. The second kappa shape index (κ2) is 6.91. The molecule has 1 aromatic carbocycles. The summed E-state index contributed by atoms with van der Waals surface area (Å²) in [5.74, 6) is 0.444. The van der Waals surface area contributed by atoms with Gasteiger partial charge in [0.05, 0.1) is 23.2 Å². The lowest BCUT2D eigenvalue weighted by atomic mass is 10.0. The van der Waals surface area contributed by atoms with Crippen molar-refractivity contribution in [2.75, 3.05) is 24.6 Å². The molecule has 0 radical (unpaired) electrons. The van der Waals surface area contributed by atoms with Gasteiger partial charge in [-0.05, 0) is 37.8 Å². The fourth-order valence-electron chi connectivity index (χ4n) is 4.03. The van der Waals surface area contributed by atoms with Crippen LogP contribution in [-0.2, 0) is 21.9 Å². The molecule has 0 aliphatic carbocycles. The Morgan fingerprint density at radius 2 is 2.00 bits per heavy atom. The summed E-state index contributed by atoms with van der Waals surface area (Å²) in [5.41, 5.74) is 4.66. The summed E-state index contributed by atoms with van der Waals surface area (Å²) in [6, 6.07) is 8.74. The summed E-state index contributed by atoms with van der Waals surface area (Å²) in [4.78, 5) is 2.45. The first kappa shape index (κ1) is 18.4. The molecular formula is C21H27N3O2S. The van der Waals surface area contributed by atoms with E-state index < -0.39 is 15.4 Å². The summed E-state index contributed by atoms with van der Waals surface area (Å²) in [6.07, 6.45) is 7.83. The number of aryl methyl sites for hydroxylation is 1. The number of aromatic nitrogens is 2. The van der Waals surface area contributed by atoms with E-state index in [1.165, 1.54) is 16.7 Å². The van der Waals surface area contributed by atoms with Gasteiger partial charge in [0, 0.05) is 31.4 Å². The zero-order chi connectivity index (χ0) is 19.1. The van der Waals surface area contributed by atoms with Gasteiger partial charge in [-0.1, -0.05) is 35.9 Å². The molecule has 0 N–H and O–H groups in total. The first-order chi connectivity index (χ1) is 12.8. The molecule has 0 bridgehead atoms. The van der Waals surface area contributed by atoms with E-state index in [2.05, 4.69) is 47.3 Å². The summed E-state index contributed by atoms with van der Waals surface area (Å²) in [6.45, 7) is 7.03. The summed E-state index contributed by atoms with van der Waals surface area (Å²) < 4.78 is 25.6. The minimum Gasteiger partial charge on any atom is -0.295 e. The maximum atomic E-state index is 11.9. The first-order valence-corrected chi connectivity index (χ1v) is 11.4. The quantitative estimate of drug-likeness (QED) is 0.812. The van der Waals surface area contributed by atoms with E-state index in [4.69, 9.17) is 0 Å². The van der Waals surface area contributed by atoms with Crippen LogP contribution in [0.4, 0.5) is 0 Å². The predicted octanol–water partition coefficient (Wildman–Crippen LogP) is 3.01. The highest BCUT2D eigenvalue weighted by molar-refractivity contribution is 7.91. The van der Waals surface area contributed by atoms with Crippen molar-refractivity contribution in [3.63, 3.8) is 0 Å². The molecule has 2 aromatic rings. The van der Waals surface area contributed by atoms with E-state index in [0.29, 0.717) is 6.42 Å². The van der Waals surface area contributed by atoms with Crippen LogP contribution in [0.3, 0.4) is 0 Å². The summed E-state index contributed by atoms with van der Waals surface area (Å²) in [5, 5.41) is 4.50. The van der Waals surface area contributed by atoms with E-state index in [-0.39, 0.29) is 11.5 Å². The molecule has 2 aliphatic rings. The minimum atomic E-state index is -2.94. The number of rotatable bonds is 4. The molecule has 0 amide bonds. The van der Waals surface area contributed by atoms with Crippen LogP contribution in [0.2, 0.25) is 0 Å². The first-order valence-electron chi connectivity index (χ1n) is 9.56. The number of benzene rings is 1. The van der Waals surface area contributed by atoms with E-state index in [1.807, 2.05) is 24.0 Å². The van der Waals surface area contributed by atoms with Gasteiger partial charge in [0.15, 0.2) is 9.84 Å². The Labute approximate surface area is 161 Å². The van der Waals surface area contributed by atoms with Crippen molar-refractivity contribution >= 4 is 15.4 Å². The fourth-order valence-corrected chi connectivity index (χ4v) is 6.15. The van der Waals surface area contributed by atoms with Crippen LogP contribution in [0.25, 0.3) is 5.57 Å². The van der Waals surface area contributed by atoms with Gasteiger partial charge in [-0.25, -0.2) is 8.42 Å². The van der Waals surface area contributed by atoms with Crippen molar-refractivity contribution in [1.82, 2.24) is 14.7 Å². The van der Waals surface area contributed by atoms with Crippen LogP contribution >= 0.6 is 0 Å². The number of sulfone groups is 1. The average Bonchev–Trinajstić information content (AvgIpc) is 3.23. The van der Waals surface area contributed by atoms with Gasteiger partial charge in [-0.15, -0.1) is 0 Å². The molecule has 4 rings (SSSR count). The second-order valence-electron chi connectivity index (χ2n) is 8.21. The van der Waals surface area contributed by atoms with Crippen molar-refractivity contribution in [2.24, 2.45) is 0 Å². The molecule has 6 heteroatoms. The Balaban J connectivity index is 1.43. The third kappa shape index (κ3) is 4.01. The van der Waals surface area contributed by atoms with Crippen molar-refractivity contribution in [3.05, 3.63) is 59.4 Å². The predicted molar refractivity (Wildman–Crippen MR) is 108 cm³/mol. The van der Waals surface area contributed by atoms with Gasteiger partial charge in [0.1, 0.15) is 0 Å². The molecule has 2 aliphatic heterocycles. The molecule has 5 nitrogen and oxygen atoms in total. The fraction of sp³-hybridized carbons (Fsp3) is 0.476. The summed E-state index contributed by atoms with van der Waals surface area (Å²) in [7, 11) is -2.94. The highest BCUT2D eigenvalue weighted by Crippen LogP contribution is 2.31. The lowest BCUT2D eigenvalue weighted by Crippen LogP contribution is -2.31. The SMILES string of the molecule is Cc1ccc(CN2CC=C(c3cnn([C@]4(C)CCS(=O)(=O)C4)c3)CC2)cc1. The highest BCUT2D eigenvalue weighted by Gasteiger charge is 2.40. The molecule has 1 saturated heterocycles. The van der Waals surface area contributed by atoms with Crippen LogP contribution in [0.1, 0.15) is 36.5 Å². The van der Waals surface area contributed by atoms with E-state index >= 15 is 0 Å². The smallest absolute Gasteiger partial charge is 0.152 e. The maximum absolute atomic E-state index is 11.9. The highest BCUT2D eigenvalue weighted by atomic mass is 32.2. The van der Waals surface area contributed by atoms with Crippen molar-refractivity contribution < 1.29 is 8.42 Å². The minimum absolute atomic E-state index is 0.185. The Morgan fingerprint density at radius 3 is 2.63 bits per heavy atom. The molecule has 0 spiro atoms. The largest absolute Gasteiger partial charge is 0.295 e. The number of hydrogen-bond donors (Lipinski definition) is 0. The maximum Gasteiger partial charge on any atom is 0.152 e. The molecule has 144 valence electrons. The lowest BCUT2D eigenvalue weighted by Gasteiger charge is -2.26. The zero-order valence-electron chi connectivity index (χ0n) is 16.1. The Bertz CT molecular complexity index is 960. The Morgan fingerprint density at radius 1 is 1.22 bits per heavy atom. The van der Waals surface area contributed by atoms with E-state index in [9.17, 15) is 8.42 Å². The topological polar surface area (TPSA) is 55.2 Å². The summed E-state index contributed by atoms with van der Waals surface area (Å²) >= 11 is 0. The molecule has 1 aromatic heterocycles. The second-order valence-corrected chi connectivity index (χ2v) is 10.4. The molecule has 1 fully saturated rings.